The van der Waals surface area contributed by atoms with E-state index in [1.54, 1.807) is 23.1 Å². The van der Waals surface area contributed by atoms with E-state index in [4.69, 9.17) is 10.5 Å². The summed E-state index contributed by atoms with van der Waals surface area (Å²) in [6.45, 7) is 0.410. The average molecular weight is 402 g/mol. The molecule has 0 radical (unpaired) electrons. The average Bonchev–Trinajstić information content (AvgIpc) is 2.73. The van der Waals surface area contributed by atoms with Crippen LogP contribution < -0.4 is 10.5 Å². The number of primary amides is 1. The number of ketones is 1. The van der Waals surface area contributed by atoms with Crippen molar-refractivity contribution >= 4 is 17.6 Å². The predicted molar refractivity (Wildman–Crippen MR) is 100 cm³/mol. The maximum absolute atomic E-state index is 13.8. The molecule has 6 nitrogen and oxygen atoms in total. The number of ether oxygens (including phenoxy) is 1. The maximum atomic E-state index is 13.8. The highest BCUT2D eigenvalue weighted by Gasteiger charge is 2.29. The Kier molecular flexibility index (Phi) is 6.21. The van der Waals surface area contributed by atoms with E-state index in [0.717, 1.165) is 18.2 Å². The monoisotopic (exact) mass is 402 g/mol. The van der Waals surface area contributed by atoms with Gasteiger partial charge in [0.15, 0.2) is 12.4 Å². The van der Waals surface area contributed by atoms with Crippen molar-refractivity contribution in [3.05, 3.63) is 65.2 Å². The molecule has 2 aromatic rings. The molecule has 152 valence electrons. The minimum Gasteiger partial charge on any atom is -0.484 e. The lowest BCUT2D eigenvalue weighted by Crippen LogP contribution is -2.42. The van der Waals surface area contributed by atoms with E-state index in [0.29, 0.717) is 31.7 Å². The minimum absolute atomic E-state index is 0.223. The van der Waals surface area contributed by atoms with E-state index in [1.807, 2.05) is 0 Å². The third kappa shape index (κ3) is 4.96. The summed E-state index contributed by atoms with van der Waals surface area (Å²) >= 11 is 0. The topological polar surface area (TPSA) is 89.7 Å². The van der Waals surface area contributed by atoms with Crippen LogP contribution in [0.5, 0.6) is 5.75 Å². The molecule has 0 bridgehead atoms. The van der Waals surface area contributed by atoms with Crippen molar-refractivity contribution in [2.45, 2.75) is 12.8 Å². The van der Waals surface area contributed by atoms with Crippen LogP contribution in [0.1, 0.15) is 33.6 Å². The lowest BCUT2D eigenvalue weighted by atomic mass is 9.88. The van der Waals surface area contributed by atoms with Gasteiger partial charge in [-0.05, 0) is 49.2 Å². The van der Waals surface area contributed by atoms with Crippen LogP contribution in [0.4, 0.5) is 8.78 Å². The highest BCUT2D eigenvalue weighted by atomic mass is 19.1. The number of nitrogens with zero attached hydrogens (tertiary/aromatic N) is 1. The molecule has 1 aliphatic heterocycles. The van der Waals surface area contributed by atoms with Crippen molar-refractivity contribution in [2.24, 2.45) is 11.7 Å². The Bertz CT molecular complexity index is 940. The van der Waals surface area contributed by atoms with Gasteiger partial charge < -0.3 is 15.4 Å². The molecular formula is C21H20F2N2O4. The largest absolute Gasteiger partial charge is 0.484 e. The van der Waals surface area contributed by atoms with Crippen molar-refractivity contribution in [3.63, 3.8) is 0 Å². The van der Waals surface area contributed by atoms with Crippen molar-refractivity contribution in [3.8, 4) is 5.75 Å². The van der Waals surface area contributed by atoms with Gasteiger partial charge in [-0.25, -0.2) is 8.78 Å². The molecule has 8 heteroatoms. The molecule has 0 unspecified atom stereocenters. The van der Waals surface area contributed by atoms with E-state index in [2.05, 4.69) is 0 Å². The Hall–Kier alpha value is -3.29. The summed E-state index contributed by atoms with van der Waals surface area (Å²) in [5.74, 6) is -2.85. The van der Waals surface area contributed by atoms with Crippen LogP contribution in [-0.2, 0) is 4.79 Å². The normalized spacial score (nSPS) is 14.5. The Morgan fingerprint density at radius 2 is 1.79 bits per heavy atom. The first kappa shape index (κ1) is 20.4. The summed E-state index contributed by atoms with van der Waals surface area (Å²) in [5, 5.41) is 0. The number of nitrogens with two attached hydrogens (primary N) is 1. The molecule has 0 spiro atoms. The van der Waals surface area contributed by atoms with Crippen LogP contribution in [0, 0.1) is 17.6 Å². The van der Waals surface area contributed by atoms with Gasteiger partial charge in [0.1, 0.15) is 17.4 Å². The second kappa shape index (κ2) is 8.81. The van der Waals surface area contributed by atoms with Crippen molar-refractivity contribution in [2.75, 3.05) is 19.7 Å². The molecule has 2 amide bonds. The number of piperidine rings is 1. The zero-order chi connectivity index (χ0) is 21.0. The number of benzene rings is 2. The first-order valence-electron chi connectivity index (χ1n) is 9.15. The van der Waals surface area contributed by atoms with Crippen LogP contribution in [0.3, 0.4) is 0 Å². The van der Waals surface area contributed by atoms with Gasteiger partial charge in [-0.1, -0.05) is 6.07 Å². The van der Waals surface area contributed by atoms with Crippen LogP contribution in [-0.4, -0.2) is 42.2 Å². The number of halogens is 2. The zero-order valence-corrected chi connectivity index (χ0v) is 15.6. The second-order valence-corrected chi connectivity index (χ2v) is 6.82. The molecule has 1 aliphatic rings. The number of carbonyl (C=O) groups is 3. The molecule has 0 aliphatic carbocycles. The molecule has 0 atom stereocenters. The third-order valence-corrected chi connectivity index (χ3v) is 4.89. The van der Waals surface area contributed by atoms with Crippen LogP contribution in [0.2, 0.25) is 0 Å². The van der Waals surface area contributed by atoms with Crippen molar-refractivity contribution < 1.29 is 27.9 Å². The molecular weight excluding hydrogens is 382 g/mol. The highest BCUT2D eigenvalue weighted by molar-refractivity contribution is 5.98. The number of hydrogen-bond acceptors (Lipinski definition) is 4. The number of likely N-dealkylation sites (tertiary alicyclic amines) is 1. The van der Waals surface area contributed by atoms with Gasteiger partial charge in [-0.15, -0.1) is 0 Å². The number of carbonyl (C=O) groups excluding carboxylic acids is 3. The Labute approximate surface area is 166 Å². The van der Waals surface area contributed by atoms with Crippen LogP contribution >= 0.6 is 0 Å². The number of hydrogen-bond donors (Lipinski definition) is 1. The lowest BCUT2D eigenvalue weighted by molar-refractivity contribution is -0.134. The summed E-state index contributed by atoms with van der Waals surface area (Å²) in [6.07, 6.45) is 0.718. The van der Waals surface area contributed by atoms with E-state index in [1.165, 1.54) is 6.07 Å². The number of rotatable bonds is 6. The summed E-state index contributed by atoms with van der Waals surface area (Å²) in [4.78, 5) is 37.6. The van der Waals surface area contributed by atoms with Crippen LogP contribution in [0.15, 0.2) is 42.5 Å². The fourth-order valence-electron chi connectivity index (χ4n) is 3.27. The maximum Gasteiger partial charge on any atom is 0.260 e. The quantitative estimate of drug-likeness (QED) is 0.752. The van der Waals surface area contributed by atoms with Gasteiger partial charge in [-0.3, -0.25) is 14.4 Å². The highest BCUT2D eigenvalue weighted by Crippen LogP contribution is 2.24. The number of amides is 2. The van der Waals surface area contributed by atoms with E-state index >= 15 is 0 Å². The smallest absolute Gasteiger partial charge is 0.260 e. The molecule has 2 aromatic carbocycles. The zero-order valence-electron chi connectivity index (χ0n) is 15.6. The fourth-order valence-corrected chi connectivity index (χ4v) is 3.27. The van der Waals surface area contributed by atoms with Gasteiger partial charge in [0.25, 0.3) is 5.91 Å². The second-order valence-electron chi connectivity index (χ2n) is 6.82. The van der Waals surface area contributed by atoms with Crippen molar-refractivity contribution in [1.29, 1.82) is 0 Å². The first-order chi connectivity index (χ1) is 13.8. The van der Waals surface area contributed by atoms with E-state index < -0.39 is 29.2 Å². The minimum atomic E-state index is -0.749. The Balaban J connectivity index is 1.53. The van der Waals surface area contributed by atoms with Gasteiger partial charge in [0, 0.05) is 24.6 Å². The summed E-state index contributed by atoms with van der Waals surface area (Å²) in [6, 6.07) is 9.01. The molecule has 2 N–H and O–H groups in total. The van der Waals surface area contributed by atoms with Gasteiger partial charge in [0.2, 0.25) is 5.91 Å². The Morgan fingerprint density at radius 3 is 2.48 bits per heavy atom. The summed E-state index contributed by atoms with van der Waals surface area (Å²) in [5.41, 5.74) is 5.23. The van der Waals surface area contributed by atoms with Gasteiger partial charge in [-0.2, -0.15) is 0 Å². The molecule has 1 saturated heterocycles. The molecule has 29 heavy (non-hydrogen) atoms. The molecule has 0 aromatic heterocycles. The Morgan fingerprint density at radius 1 is 1.07 bits per heavy atom. The van der Waals surface area contributed by atoms with E-state index in [-0.39, 0.29) is 23.6 Å². The van der Waals surface area contributed by atoms with Crippen LogP contribution in [0.25, 0.3) is 0 Å². The molecule has 1 fully saturated rings. The van der Waals surface area contributed by atoms with E-state index in [9.17, 15) is 23.2 Å². The molecule has 0 saturated carbocycles. The molecule has 1 heterocycles. The third-order valence-electron chi connectivity index (χ3n) is 4.89. The summed E-state index contributed by atoms with van der Waals surface area (Å²) in [7, 11) is 0. The van der Waals surface area contributed by atoms with Gasteiger partial charge >= 0.3 is 0 Å². The number of Topliss-reactive ketones (excluding diaryl/α,β-unsaturated/α-hetero) is 1. The lowest BCUT2D eigenvalue weighted by Gasteiger charge is -2.31. The predicted octanol–water partition coefficient (Wildman–Crippen LogP) is 2.56. The van der Waals surface area contributed by atoms with Crippen molar-refractivity contribution in [1.82, 2.24) is 4.90 Å². The fraction of sp³-hybridized carbons (Fsp3) is 0.286. The van der Waals surface area contributed by atoms with Gasteiger partial charge in [0.05, 0.1) is 5.56 Å². The summed E-state index contributed by atoms with van der Waals surface area (Å²) < 4.78 is 32.6. The molecule has 3 rings (SSSR count). The first-order valence-corrected chi connectivity index (χ1v) is 9.15. The SMILES string of the molecule is NC(=O)c1cccc(OCC(=O)N2CCC(C(=O)c3cc(F)ccc3F)CC2)c1. The standard InChI is InChI=1S/C21H20F2N2O4/c22-15-4-5-18(23)17(11-15)20(27)13-6-8-25(9-7-13)19(26)12-29-16-3-1-2-14(10-16)21(24)28/h1-5,10-11,13H,6-9,12H2,(H2,24,28).